The van der Waals surface area contributed by atoms with Gasteiger partial charge in [0.25, 0.3) is 0 Å². The Bertz CT molecular complexity index is 710. The minimum atomic E-state index is -0.933. The Morgan fingerprint density at radius 3 is 2.81 bits per heavy atom. The molecule has 0 aromatic carbocycles. The van der Waals surface area contributed by atoms with Crippen LogP contribution in [-0.4, -0.2) is 61.3 Å². The van der Waals surface area contributed by atoms with Crippen LogP contribution in [0.5, 0.6) is 0 Å². The number of aromatic nitrogens is 4. The fourth-order valence-corrected chi connectivity index (χ4v) is 3.25. The molecule has 0 radical (unpaired) electrons. The van der Waals surface area contributed by atoms with Crippen LogP contribution in [0.3, 0.4) is 0 Å². The van der Waals surface area contributed by atoms with Gasteiger partial charge in [0.1, 0.15) is 30.2 Å². The molecule has 1 saturated heterocycles. The van der Waals surface area contributed by atoms with E-state index in [1.165, 1.54) is 25.6 Å². The van der Waals surface area contributed by atoms with E-state index in [0.29, 0.717) is 17.8 Å². The van der Waals surface area contributed by atoms with Gasteiger partial charge in [0.15, 0.2) is 17.7 Å². The summed E-state index contributed by atoms with van der Waals surface area (Å²) < 4.78 is 13.4. The summed E-state index contributed by atoms with van der Waals surface area (Å²) in [6.07, 6.45) is 5.57. The first kappa shape index (κ1) is 19.0. The molecule has 3 rings (SSSR count). The Hall–Kier alpha value is -1.81. The zero-order chi connectivity index (χ0) is 18.5. The van der Waals surface area contributed by atoms with Crippen LogP contribution in [0.1, 0.15) is 45.3 Å². The molecule has 26 heavy (non-hydrogen) atoms. The maximum atomic E-state index is 10.5. The quantitative estimate of drug-likeness (QED) is 0.562. The molecule has 1 aliphatic rings. The largest absolute Gasteiger partial charge is 0.394 e. The van der Waals surface area contributed by atoms with Crippen LogP contribution in [0.15, 0.2) is 12.7 Å². The summed E-state index contributed by atoms with van der Waals surface area (Å²) in [5.41, 5.74) is 6.81. The number of hydrogen-bond donors (Lipinski definition) is 3. The minimum Gasteiger partial charge on any atom is -0.394 e. The van der Waals surface area contributed by atoms with Crippen molar-refractivity contribution in [3.05, 3.63) is 12.7 Å². The predicted molar refractivity (Wildman–Crippen MR) is 95.2 cm³/mol. The van der Waals surface area contributed by atoms with Gasteiger partial charge >= 0.3 is 0 Å². The summed E-state index contributed by atoms with van der Waals surface area (Å²) in [5.74, 6) is 0.277. The van der Waals surface area contributed by atoms with E-state index < -0.39 is 24.5 Å². The van der Waals surface area contributed by atoms with E-state index in [0.717, 1.165) is 12.8 Å². The van der Waals surface area contributed by atoms with Gasteiger partial charge in [-0.25, -0.2) is 15.0 Å². The molecule has 1 fully saturated rings. The van der Waals surface area contributed by atoms with Crippen LogP contribution in [0.2, 0.25) is 0 Å². The molecule has 9 heteroatoms. The number of nitrogens with zero attached hydrogens (tertiary/aromatic N) is 4. The first-order valence-electron chi connectivity index (χ1n) is 9.16. The highest BCUT2D eigenvalue weighted by atomic mass is 16.6. The maximum Gasteiger partial charge on any atom is 0.167 e. The Labute approximate surface area is 152 Å². The number of unbranched alkanes of at least 4 members (excludes halogenated alkanes) is 4. The molecule has 4 N–H and O–H groups in total. The number of imidazole rings is 1. The molecule has 3 heterocycles. The van der Waals surface area contributed by atoms with Gasteiger partial charge in [0, 0.05) is 6.61 Å². The molecule has 0 spiro atoms. The minimum absolute atomic E-state index is 0.277. The van der Waals surface area contributed by atoms with Gasteiger partial charge in [-0.05, 0) is 6.42 Å². The van der Waals surface area contributed by atoms with Gasteiger partial charge in [0.2, 0.25) is 0 Å². The molecular weight excluding hydrogens is 338 g/mol. The highest BCUT2D eigenvalue weighted by molar-refractivity contribution is 5.81. The second-order valence-corrected chi connectivity index (χ2v) is 6.57. The highest BCUT2D eigenvalue weighted by Gasteiger charge is 2.45. The maximum absolute atomic E-state index is 10.5. The lowest BCUT2D eigenvalue weighted by Gasteiger charge is -2.22. The van der Waals surface area contributed by atoms with E-state index in [2.05, 4.69) is 21.9 Å². The molecule has 0 bridgehead atoms. The van der Waals surface area contributed by atoms with Crippen LogP contribution in [0.25, 0.3) is 11.2 Å². The van der Waals surface area contributed by atoms with Crippen molar-refractivity contribution < 1.29 is 19.7 Å². The number of rotatable bonds is 9. The van der Waals surface area contributed by atoms with E-state index in [4.69, 9.17) is 15.2 Å². The number of nitrogens with two attached hydrogens (primary N) is 1. The second kappa shape index (κ2) is 8.72. The lowest BCUT2D eigenvalue weighted by Crippen LogP contribution is -2.35. The Kier molecular flexibility index (Phi) is 6.36. The van der Waals surface area contributed by atoms with E-state index >= 15 is 0 Å². The molecule has 0 saturated carbocycles. The fourth-order valence-electron chi connectivity index (χ4n) is 3.25. The molecule has 1 aliphatic heterocycles. The topological polar surface area (TPSA) is 129 Å². The third kappa shape index (κ3) is 3.80. The fraction of sp³-hybridized carbons (Fsp3) is 0.706. The number of fused-ring (bicyclic) bond motifs is 1. The first-order valence-corrected chi connectivity index (χ1v) is 9.16. The van der Waals surface area contributed by atoms with Crippen molar-refractivity contribution in [1.82, 2.24) is 19.5 Å². The Morgan fingerprint density at radius 2 is 2.04 bits per heavy atom. The lowest BCUT2D eigenvalue weighted by atomic mass is 10.1. The Morgan fingerprint density at radius 1 is 1.23 bits per heavy atom. The summed E-state index contributed by atoms with van der Waals surface area (Å²) in [5, 5.41) is 20.0. The zero-order valence-corrected chi connectivity index (χ0v) is 15.0. The van der Waals surface area contributed by atoms with Gasteiger partial charge in [0.05, 0.1) is 12.9 Å². The molecule has 144 valence electrons. The smallest absolute Gasteiger partial charge is 0.167 e. The van der Waals surface area contributed by atoms with Crippen molar-refractivity contribution in [3.8, 4) is 0 Å². The Balaban J connectivity index is 1.73. The molecule has 9 nitrogen and oxygen atoms in total. The van der Waals surface area contributed by atoms with Gasteiger partial charge in [-0.1, -0.05) is 32.6 Å². The number of anilines is 1. The normalized spacial score (nSPS) is 26.0. The summed E-state index contributed by atoms with van der Waals surface area (Å²) >= 11 is 0. The van der Waals surface area contributed by atoms with E-state index in [-0.39, 0.29) is 12.4 Å². The van der Waals surface area contributed by atoms with Crippen LogP contribution < -0.4 is 5.73 Å². The number of ether oxygens (including phenoxy) is 2. The number of hydrogen-bond acceptors (Lipinski definition) is 8. The lowest BCUT2D eigenvalue weighted by molar-refractivity contribution is -0.0711. The third-order valence-electron chi connectivity index (χ3n) is 4.71. The van der Waals surface area contributed by atoms with Gasteiger partial charge < -0.3 is 25.4 Å². The molecule has 0 unspecified atom stereocenters. The molecular formula is C17H27N5O4. The highest BCUT2D eigenvalue weighted by Crippen LogP contribution is 2.34. The second-order valence-electron chi connectivity index (χ2n) is 6.57. The third-order valence-corrected chi connectivity index (χ3v) is 4.71. The van der Waals surface area contributed by atoms with Crippen LogP contribution in [-0.2, 0) is 9.47 Å². The monoisotopic (exact) mass is 365 g/mol. The van der Waals surface area contributed by atoms with Gasteiger partial charge in [-0.15, -0.1) is 0 Å². The SMILES string of the molecule is CCCCCCCO[C@@H]1[C@H](O)[C@@H](CO)O[C@H]1n1cnc2c(N)ncnc21. The summed E-state index contributed by atoms with van der Waals surface area (Å²) in [6.45, 7) is 2.40. The van der Waals surface area contributed by atoms with E-state index in [1.807, 2.05) is 0 Å². The predicted octanol–water partition coefficient (Wildman–Crippen LogP) is 1.01. The van der Waals surface area contributed by atoms with Crippen LogP contribution in [0, 0.1) is 0 Å². The average molecular weight is 365 g/mol. The van der Waals surface area contributed by atoms with Gasteiger partial charge in [-0.2, -0.15) is 0 Å². The van der Waals surface area contributed by atoms with Crippen molar-refractivity contribution >= 4 is 17.0 Å². The summed E-state index contributed by atoms with van der Waals surface area (Å²) in [6, 6.07) is 0. The summed E-state index contributed by atoms with van der Waals surface area (Å²) in [4.78, 5) is 12.4. The average Bonchev–Trinajstić information content (AvgIpc) is 3.20. The molecule has 2 aromatic heterocycles. The van der Waals surface area contributed by atoms with Crippen molar-refractivity contribution in [3.63, 3.8) is 0 Å². The first-order chi connectivity index (χ1) is 12.7. The van der Waals surface area contributed by atoms with Crippen LogP contribution in [0.4, 0.5) is 5.82 Å². The van der Waals surface area contributed by atoms with E-state index in [9.17, 15) is 10.2 Å². The van der Waals surface area contributed by atoms with Crippen molar-refractivity contribution in [2.75, 3.05) is 18.9 Å². The standard InChI is InChI=1S/C17H27N5O4/c1-2-3-4-5-6-7-25-14-13(24)11(8-23)26-17(14)22-10-21-12-15(18)19-9-20-16(12)22/h9-11,13-14,17,23-24H,2-8H2,1H3,(H2,18,19,20)/t11-,13-,14-,17-/m1/s1. The molecule has 4 atom stereocenters. The summed E-state index contributed by atoms with van der Waals surface area (Å²) in [7, 11) is 0. The van der Waals surface area contributed by atoms with Crippen LogP contribution >= 0.6 is 0 Å². The number of aliphatic hydroxyl groups is 2. The number of nitrogen functional groups attached to an aromatic ring is 1. The molecule has 0 amide bonds. The molecule has 2 aromatic rings. The van der Waals surface area contributed by atoms with Crippen molar-refractivity contribution in [1.29, 1.82) is 0 Å². The molecule has 0 aliphatic carbocycles. The zero-order valence-electron chi connectivity index (χ0n) is 15.0. The number of aliphatic hydroxyl groups excluding tert-OH is 2. The van der Waals surface area contributed by atoms with Gasteiger partial charge in [-0.3, -0.25) is 4.57 Å². The van der Waals surface area contributed by atoms with Crippen molar-refractivity contribution in [2.45, 2.75) is 63.6 Å². The van der Waals surface area contributed by atoms with E-state index in [1.54, 1.807) is 10.9 Å². The van der Waals surface area contributed by atoms with Crippen molar-refractivity contribution in [2.24, 2.45) is 0 Å².